The summed E-state index contributed by atoms with van der Waals surface area (Å²) < 4.78 is 22.1. The minimum absolute atomic E-state index is 0.00410. The number of ether oxygens (including phenoxy) is 4. The molecule has 0 spiro atoms. The number of amides is 7. The molecular weight excluding hydrogens is 851 g/mol. The zero-order valence-corrected chi connectivity index (χ0v) is 37.7. The summed E-state index contributed by atoms with van der Waals surface area (Å²) in [5, 5.41) is 22.8. The molecule has 1 aliphatic rings. The van der Waals surface area contributed by atoms with Crippen LogP contribution in [-0.2, 0) is 56.1 Å². The lowest BCUT2D eigenvalue weighted by molar-refractivity contribution is -0.132. The number of nitrogens with zero attached hydrogens (tertiary/aromatic N) is 1. The van der Waals surface area contributed by atoms with Crippen LogP contribution in [0.15, 0.2) is 72.8 Å². The van der Waals surface area contributed by atoms with Crippen molar-refractivity contribution in [3.05, 3.63) is 95.1 Å². The average molecular weight is 914 g/mol. The van der Waals surface area contributed by atoms with Crippen LogP contribution in [-0.4, -0.2) is 119 Å². The molecule has 3 aromatic carbocycles. The zero-order chi connectivity index (χ0) is 47.5. The fourth-order valence-corrected chi connectivity index (χ4v) is 6.59. The molecule has 3 aromatic rings. The highest BCUT2D eigenvalue weighted by Crippen LogP contribution is 2.26. The zero-order valence-electron chi connectivity index (χ0n) is 37.7. The minimum atomic E-state index is -0.982. The number of benzene rings is 3. The number of fused-ring (bicyclic) bond motifs is 2. The van der Waals surface area contributed by atoms with Gasteiger partial charge in [0.2, 0.25) is 29.5 Å². The summed E-state index contributed by atoms with van der Waals surface area (Å²) in [4.78, 5) is 78.0. The largest absolute Gasteiger partial charge is 0.392 e. The fraction of sp³-hybridized carbons (Fsp3) is 0.458. The number of carbonyl (C=O) groups excluding carboxylic acids is 6. The van der Waals surface area contributed by atoms with Crippen LogP contribution >= 0.6 is 0 Å². The maximum Gasteiger partial charge on any atom is 0.312 e. The second-order valence-electron chi connectivity index (χ2n) is 15.6. The van der Waals surface area contributed by atoms with E-state index in [2.05, 4.69) is 38.4 Å². The fourth-order valence-electron chi connectivity index (χ4n) is 6.59. The molecule has 66 heavy (non-hydrogen) atoms. The minimum Gasteiger partial charge on any atom is -0.392 e. The van der Waals surface area contributed by atoms with E-state index in [1.165, 1.54) is 0 Å². The van der Waals surface area contributed by atoms with E-state index >= 15 is 0 Å². The average Bonchev–Trinajstić information content (AvgIpc) is 3.30. The van der Waals surface area contributed by atoms with E-state index in [1.807, 2.05) is 48.5 Å². The van der Waals surface area contributed by atoms with E-state index in [1.54, 1.807) is 43.0 Å². The van der Waals surface area contributed by atoms with Crippen molar-refractivity contribution in [3.63, 3.8) is 0 Å². The van der Waals surface area contributed by atoms with Gasteiger partial charge in [-0.15, -0.1) is 0 Å². The Morgan fingerprint density at radius 3 is 1.97 bits per heavy atom. The van der Waals surface area contributed by atoms with Crippen molar-refractivity contribution in [3.8, 4) is 11.8 Å². The monoisotopic (exact) mass is 913 g/mol. The van der Waals surface area contributed by atoms with Gasteiger partial charge in [0.1, 0.15) is 12.1 Å². The van der Waals surface area contributed by atoms with Crippen LogP contribution in [0.25, 0.3) is 0 Å². The molecule has 18 heteroatoms. The summed E-state index contributed by atoms with van der Waals surface area (Å²) in [6.45, 7) is 6.48. The van der Waals surface area contributed by atoms with E-state index in [9.17, 15) is 33.9 Å². The normalized spacial score (nSPS) is 12.5. The molecule has 2 atom stereocenters. The molecular formula is C48H63N7O11. The Bertz CT molecular complexity index is 2110. The molecule has 0 saturated heterocycles. The third-order valence-electron chi connectivity index (χ3n) is 10.2. The quantitative estimate of drug-likeness (QED) is 0.0394. The molecule has 0 saturated carbocycles. The van der Waals surface area contributed by atoms with Crippen LogP contribution in [0.4, 0.5) is 16.2 Å². The number of hydrogen-bond donors (Lipinski definition) is 7. The van der Waals surface area contributed by atoms with Gasteiger partial charge in [-0.1, -0.05) is 68.2 Å². The molecule has 8 N–H and O–H groups in total. The molecule has 0 bridgehead atoms. The number of nitrogens with two attached hydrogens (primary N) is 1. The first kappa shape index (κ1) is 52.3. The SMILES string of the molecule is CC(C)[C@H](NC(=O)CCOCCOCCOCCOCCNC(=O)CCC(=O)N1Cc2ccccc2C#Cc2ccccc21)C(=O)NC(CCCNC(N)=O)C(=O)Nc1ccc(CO)cc1. The lowest BCUT2D eigenvalue weighted by Gasteiger charge is -2.26. The van der Waals surface area contributed by atoms with E-state index in [0.717, 1.165) is 22.4 Å². The van der Waals surface area contributed by atoms with E-state index < -0.39 is 35.8 Å². The molecule has 1 aliphatic heterocycles. The van der Waals surface area contributed by atoms with Crippen molar-refractivity contribution in [1.82, 2.24) is 21.3 Å². The smallest absolute Gasteiger partial charge is 0.312 e. The standard InChI is InChI=1S/C48H63N7O11/c1-34(2)45(47(61)53-40(11-7-22-51-48(49)62)46(60)52-39-17-13-35(33-56)14-18-39)54-43(58)21-24-63-26-28-65-30-31-66-29-27-64-25-23-50-42(57)19-20-44(59)55-32-38-10-4-3-8-36(38)15-16-37-9-5-6-12-41(37)55/h3-6,8-10,12-14,17-18,34,40,45,56H,7,11,19-33H2,1-2H3,(H,50,57)(H,52,60)(H,53,61)(H,54,58)(H3,49,51,62)/t40?,45-/m0/s1. The van der Waals surface area contributed by atoms with Gasteiger partial charge in [-0.2, -0.15) is 0 Å². The molecule has 1 heterocycles. The van der Waals surface area contributed by atoms with Gasteiger partial charge in [-0.05, 0) is 60.2 Å². The van der Waals surface area contributed by atoms with Crippen LogP contribution in [0.2, 0.25) is 0 Å². The lowest BCUT2D eigenvalue weighted by atomic mass is 10.0. The van der Waals surface area contributed by atoms with Crippen molar-refractivity contribution >= 4 is 46.9 Å². The molecule has 1 unspecified atom stereocenters. The molecule has 0 fully saturated rings. The van der Waals surface area contributed by atoms with Gasteiger partial charge in [0.25, 0.3) is 0 Å². The first-order valence-electron chi connectivity index (χ1n) is 22.2. The number of aliphatic hydroxyl groups excluding tert-OH is 1. The number of nitrogens with one attached hydrogen (secondary N) is 5. The predicted molar refractivity (Wildman–Crippen MR) is 247 cm³/mol. The Morgan fingerprint density at radius 2 is 1.30 bits per heavy atom. The number of aliphatic hydroxyl groups is 1. The van der Waals surface area contributed by atoms with Crippen LogP contribution in [0, 0.1) is 17.8 Å². The topological polar surface area (TPSA) is 249 Å². The van der Waals surface area contributed by atoms with Gasteiger partial charge >= 0.3 is 6.03 Å². The Kier molecular flexibility index (Phi) is 23.1. The van der Waals surface area contributed by atoms with E-state index in [0.29, 0.717) is 57.2 Å². The van der Waals surface area contributed by atoms with Crippen LogP contribution < -0.4 is 37.2 Å². The van der Waals surface area contributed by atoms with Crippen molar-refractivity contribution in [2.45, 2.75) is 71.2 Å². The van der Waals surface area contributed by atoms with Crippen LogP contribution in [0.3, 0.4) is 0 Å². The second-order valence-corrected chi connectivity index (χ2v) is 15.6. The molecule has 4 rings (SSSR count). The maximum absolute atomic E-state index is 13.4. The van der Waals surface area contributed by atoms with Crippen LogP contribution in [0.1, 0.15) is 68.2 Å². The number of primary amides is 1. The summed E-state index contributed by atoms with van der Waals surface area (Å²) in [7, 11) is 0. The first-order chi connectivity index (χ1) is 31.9. The van der Waals surface area contributed by atoms with Gasteiger partial charge in [-0.3, -0.25) is 24.0 Å². The number of hydrogen-bond acceptors (Lipinski definition) is 11. The summed E-state index contributed by atoms with van der Waals surface area (Å²) in [6.07, 6.45) is 0.620. The molecule has 0 aromatic heterocycles. The van der Waals surface area contributed by atoms with Crippen molar-refractivity contribution in [2.75, 3.05) is 76.2 Å². The van der Waals surface area contributed by atoms with Crippen LogP contribution in [0.5, 0.6) is 0 Å². The Hall–Kier alpha value is -6.36. The van der Waals surface area contributed by atoms with Crippen molar-refractivity contribution in [2.24, 2.45) is 11.7 Å². The highest BCUT2D eigenvalue weighted by Gasteiger charge is 2.29. The highest BCUT2D eigenvalue weighted by molar-refractivity contribution is 5.99. The van der Waals surface area contributed by atoms with Gasteiger partial charge in [0.05, 0.1) is 71.7 Å². The van der Waals surface area contributed by atoms with Gasteiger partial charge in [0, 0.05) is 49.2 Å². The second kappa shape index (κ2) is 29.2. The summed E-state index contributed by atoms with van der Waals surface area (Å²) >= 11 is 0. The van der Waals surface area contributed by atoms with E-state index in [4.69, 9.17) is 24.7 Å². The number of carbonyl (C=O) groups is 6. The third-order valence-corrected chi connectivity index (χ3v) is 10.2. The Morgan fingerprint density at radius 1 is 0.682 bits per heavy atom. The molecule has 7 amide bonds. The van der Waals surface area contributed by atoms with Gasteiger partial charge in [-0.25, -0.2) is 4.79 Å². The lowest BCUT2D eigenvalue weighted by Crippen LogP contribution is -2.54. The summed E-state index contributed by atoms with van der Waals surface area (Å²) in [5.74, 6) is 4.24. The number of rotatable bonds is 29. The third kappa shape index (κ3) is 19.0. The maximum atomic E-state index is 13.4. The first-order valence-corrected chi connectivity index (χ1v) is 22.2. The molecule has 18 nitrogen and oxygen atoms in total. The van der Waals surface area contributed by atoms with E-state index in [-0.39, 0.29) is 83.0 Å². The Balaban J connectivity index is 1.01. The van der Waals surface area contributed by atoms with Crippen molar-refractivity contribution < 1.29 is 52.8 Å². The number of urea groups is 1. The summed E-state index contributed by atoms with van der Waals surface area (Å²) in [5.41, 5.74) is 9.59. The number of anilines is 2. The highest BCUT2D eigenvalue weighted by atomic mass is 16.6. The summed E-state index contributed by atoms with van der Waals surface area (Å²) in [6, 6.07) is 19.2. The molecule has 0 radical (unpaired) electrons. The van der Waals surface area contributed by atoms with Gasteiger partial charge < -0.3 is 61.3 Å². The predicted octanol–water partition coefficient (Wildman–Crippen LogP) is 2.49. The Labute approximate surface area is 386 Å². The van der Waals surface area contributed by atoms with Crippen molar-refractivity contribution in [1.29, 1.82) is 0 Å². The molecule has 356 valence electrons. The van der Waals surface area contributed by atoms with Gasteiger partial charge in [0.15, 0.2) is 0 Å². The molecule has 0 aliphatic carbocycles. The number of para-hydroxylation sites is 1.